The number of thiophene rings is 1. The molecule has 5 rings (SSSR count). The SMILES string of the molecule is C/C(=C(/C#N)C(=O)NC[C@H]1OC(O)[C@H](C)[C@@H](O)[C@@H]1O)c1ccc(-c2ccc3cc(N4CCN(C)CC4)ccc3c2)s1. The van der Waals surface area contributed by atoms with Crippen LogP contribution in [-0.4, -0.2) is 90.5 Å². The number of likely N-dealkylation sites (N-methyl/N-ethyl adjacent to an activating group) is 1. The first-order valence-electron chi connectivity index (χ1n) is 13.8. The van der Waals surface area contributed by atoms with Crippen molar-refractivity contribution in [3.05, 3.63) is 59.0 Å². The number of piperazine rings is 1. The zero-order chi connectivity index (χ0) is 29.3. The number of rotatable bonds is 6. The third kappa shape index (κ3) is 6.16. The summed E-state index contributed by atoms with van der Waals surface area (Å²) in [5.74, 6) is -1.27. The molecule has 2 aliphatic heterocycles. The molecular weight excluding hydrogens is 540 g/mol. The molecule has 0 spiro atoms. The van der Waals surface area contributed by atoms with Gasteiger partial charge in [-0.1, -0.05) is 25.1 Å². The number of benzene rings is 2. The highest BCUT2D eigenvalue weighted by molar-refractivity contribution is 7.16. The second-order valence-corrected chi connectivity index (χ2v) is 12.0. The van der Waals surface area contributed by atoms with Gasteiger partial charge in [-0.05, 0) is 66.2 Å². The van der Waals surface area contributed by atoms with Crippen LogP contribution >= 0.6 is 11.3 Å². The number of amides is 1. The normalized spacial score (nSPS) is 26.0. The summed E-state index contributed by atoms with van der Waals surface area (Å²) >= 11 is 1.50. The van der Waals surface area contributed by atoms with Crippen molar-refractivity contribution in [1.82, 2.24) is 10.2 Å². The minimum absolute atomic E-state index is 0.0480. The van der Waals surface area contributed by atoms with E-state index in [4.69, 9.17) is 4.74 Å². The van der Waals surface area contributed by atoms with Crippen molar-refractivity contribution in [2.75, 3.05) is 44.7 Å². The molecule has 1 aromatic heterocycles. The fraction of sp³-hybridized carbons (Fsp3) is 0.419. The minimum atomic E-state index is -1.27. The summed E-state index contributed by atoms with van der Waals surface area (Å²) in [5.41, 5.74) is 2.80. The van der Waals surface area contributed by atoms with Crippen molar-refractivity contribution in [3.63, 3.8) is 0 Å². The number of aliphatic hydroxyl groups is 3. The number of nitriles is 1. The lowest BCUT2D eigenvalue weighted by molar-refractivity contribution is -0.258. The van der Waals surface area contributed by atoms with Gasteiger partial charge in [0.15, 0.2) is 6.29 Å². The predicted octanol–water partition coefficient (Wildman–Crippen LogP) is 2.81. The maximum absolute atomic E-state index is 12.9. The van der Waals surface area contributed by atoms with Crippen LogP contribution in [0.3, 0.4) is 0 Å². The van der Waals surface area contributed by atoms with Crippen molar-refractivity contribution in [2.45, 2.75) is 38.4 Å². The van der Waals surface area contributed by atoms with Crippen LogP contribution in [0.5, 0.6) is 0 Å². The first-order chi connectivity index (χ1) is 19.7. The topological polar surface area (TPSA) is 129 Å². The molecule has 2 aliphatic rings. The van der Waals surface area contributed by atoms with E-state index in [1.165, 1.54) is 22.4 Å². The number of carbonyl (C=O) groups excluding carboxylic acids is 1. The van der Waals surface area contributed by atoms with Gasteiger partial charge in [0.25, 0.3) is 5.91 Å². The number of nitrogens with one attached hydrogen (secondary N) is 1. The highest BCUT2D eigenvalue weighted by atomic mass is 32.1. The highest BCUT2D eigenvalue weighted by Crippen LogP contribution is 2.35. The second kappa shape index (κ2) is 12.3. The maximum Gasteiger partial charge on any atom is 0.262 e. The number of allylic oxidation sites excluding steroid dienone is 1. The molecule has 1 unspecified atom stereocenters. The first-order valence-corrected chi connectivity index (χ1v) is 14.6. The molecule has 216 valence electrons. The molecule has 2 aromatic carbocycles. The largest absolute Gasteiger partial charge is 0.390 e. The number of aliphatic hydroxyl groups excluding tert-OH is 3. The van der Waals surface area contributed by atoms with Crippen molar-refractivity contribution in [2.24, 2.45) is 5.92 Å². The van der Waals surface area contributed by atoms with Crippen LogP contribution in [-0.2, 0) is 9.53 Å². The number of carbonyl (C=O) groups is 1. The first kappa shape index (κ1) is 29.2. The molecule has 1 amide bonds. The molecule has 0 aliphatic carbocycles. The number of fused-ring (bicyclic) bond motifs is 1. The molecule has 41 heavy (non-hydrogen) atoms. The molecular formula is C31H36N4O5S. The van der Waals surface area contributed by atoms with E-state index in [0.29, 0.717) is 5.57 Å². The summed E-state index contributed by atoms with van der Waals surface area (Å²) in [4.78, 5) is 19.5. The van der Waals surface area contributed by atoms with E-state index in [9.17, 15) is 25.4 Å². The fourth-order valence-corrected chi connectivity index (χ4v) is 6.31. The molecule has 3 heterocycles. The summed E-state index contributed by atoms with van der Waals surface area (Å²) in [7, 11) is 2.15. The molecule has 3 aromatic rings. The summed E-state index contributed by atoms with van der Waals surface area (Å²) in [6.45, 7) is 7.30. The van der Waals surface area contributed by atoms with E-state index in [1.54, 1.807) is 13.8 Å². The van der Waals surface area contributed by atoms with Gasteiger partial charge >= 0.3 is 0 Å². The quantitative estimate of drug-likeness (QED) is 0.261. The second-order valence-electron chi connectivity index (χ2n) is 10.9. The van der Waals surface area contributed by atoms with E-state index >= 15 is 0 Å². The summed E-state index contributed by atoms with van der Waals surface area (Å²) in [5, 5.41) is 45.0. The Morgan fingerprint density at radius 2 is 1.76 bits per heavy atom. The van der Waals surface area contributed by atoms with E-state index in [-0.39, 0.29) is 12.1 Å². The molecule has 4 N–H and O–H groups in total. The van der Waals surface area contributed by atoms with Gasteiger partial charge in [0.2, 0.25) is 0 Å². The maximum atomic E-state index is 12.9. The molecule has 0 saturated carbocycles. The minimum Gasteiger partial charge on any atom is -0.390 e. The zero-order valence-electron chi connectivity index (χ0n) is 23.4. The highest BCUT2D eigenvalue weighted by Gasteiger charge is 2.41. The van der Waals surface area contributed by atoms with Crippen molar-refractivity contribution < 1.29 is 24.9 Å². The van der Waals surface area contributed by atoms with Crippen molar-refractivity contribution in [3.8, 4) is 16.5 Å². The average molecular weight is 577 g/mol. The number of anilines is 1. The third-order valence-electron chi connectivity index (χ3n) is 8.16. The van der Waals surface area contributed by atoms with Crippen LogP contribution < -0.4 is 10.2 Å². The lowest BCUT2D eigenvalue weighted by Gasteiger charge is -2.39. The third-order valence-corrected chi connectivity index (χ3v) is 9.42. The Morgan fingerprint density at radius 1 is 1.05 bits per heavy atom. The Hall–Kier alpha value is -3.30. The van der Waals surface area contributed by atoms with Gasteiger partial charge in [-0.25, -0.2) is 0 Å². The summed E-state index contributed by atoms with van der Waals surface area (Å²) in [6, 6.07) is 18.9. The van der Waals surface area contributed by atoms with Gasteiger partial charge in [0.05, 0.1) is 6.10 Å². The van der Waals surface area contributed by atoms with Crippen LogP contribution in [0.2, 0.25) is 0 Å². The molecule has 0 radical (unpaired) electrons. The van der Waals surface area contributed by atoms with Gasteiger partial charge in [0, 0.05) is 54.1 Å². The molecule has 10 heteroatoms. The molecule has 2 saturated heterocycles. The van der Waals surface area contributed by atoms with E-state index < -0.39 is 36.4 Å². The monoisotopic (exact) mass is 576 g/mol. The Labute approximate surface area is 243 Å². The van der Waals surface area contributed by atoms with Gasteiger partial charge in [-0.3, -0.25) is 4.79 Å². The lowest BCUT2D eigenvalue weighted by Crippen LogP contribution is -2.56. The lowest BCUT2D eigenvalue weighted by atomic mass is 9.92. The molecule has 9 nitrogen and oxygen atoms in total. The summed E-state index contributed by atoms with van der Waals surface area (Å²) < 4.78 is 5.34. The number of hydrogen-bond donors (Lipinski definition) is 4. The molecule has 2 fully saturated rings. The Morgan fingerprint density at radius 3 is 2.49 bits per heavy atom. The van der Waals surface area contributed by atoms with Gasteiger partial charge in [-0.15, -0.1) is 11.3 Å². The van der Waals surface area contributed by atoms with Crippen LogP contribution in [0.1, 0.15) is 18.7 Å². The van der Waals surface area contributed by atoms with Gasteiger partial charge in [-0.2, -0.15) is 5.26 Å². The van der Waals surface area contributed by atoms with Crippen LogP contribution in [0, 0.1) is 17.2 Å². The van der Waals surface area contributed by atoms with Crippen molar-refractivity contribution >= 4 is 39.3 Å². The van der Waals surface area contributed by atoms with Gasteiger partial charge in [0.1, 0.15) is 23.9 Å². The smallest absolute Gasteiger partial charge is 0.262 e. The van der Waals surface area contributed by atoms with E-state index in [2.05, 4.69) is 58.6 Å². The average Bonchev–Trinajstić information content (AvgIpc) is 3.48. The fourth-order valence-electron chi connectivity index (χ4n) is 5.30. The van der Waals surface area contributed by atoms with Crippen molar-refractivity contribution in [1.29, 1.82) is 5.26 Å². The standard InChI is InChI=1S/C31H36N4O5S/c1-18(24(16-32)30(38)33-17-25-29(37)28(36)19(2)31(39)40-25)26-8-9-27(41-26)22-5-4-21-15-23(7-6-20(21)14-22)35-12-10-34(3)11-13-35/h4-9,14-15,19,25,28-29,31,36-37,39H,10-13,17H2,1-3H3,(H,33,38)/b24-18+/t19-,25-,28-,29-,31?/m1/s1. The van der Waals surface area contributed by atoms with Crippen LogP contribution in [0.4, 0.5) is 5.69 Å². The van der Waals surface area contributed by atoms with E-state index in [0.717, 1.165) is 46.9 Å². The number of hydrogen-bond acceptors (Lipinski definition) is 9. The van der Waals surface area contributed by atoms with Crippen LogP contribution in [0.15, 0.2) is 54.1 Å². The van der Waals surface area contributed by atoms with Gasteiger partial charge < -0.3 is 35.2 Å². The molecule has 0 bridgehead atoms. The zero-order valence-corrected chi connectivity index (χ0v) is 24.3. The van der Waals surface area contributed by atoms with E-state index in [1.807, 2.05) is 18.2 Å². The predicted molar refractivity (Wildman–Crippen MR) is 160 cm³/mol. The Kier molecular flexibility index (Phi) is 8.75. The van der Waals surface area contributed by atoms with Crippen LogP contribution in [0.25, 0.3) is 26.8 Å². The number of nitrogens with zero attached hydrogens (tertiary/aromatic N) is 3. The Balaban J connectivity index is 1.29. The Bertz CT molecular complexity index is 1490. The molecule has 5 atom stereocenters. The summed E-state index contributed by atoms with van der Waals surface area (Å²) in [6.07, 6.45) is -4.72. The number of ether oxygens (including phenoxy) is 1.